The Balaban J connectivity index is 2.56. The molecule has 0 aromatic heterocycles. The summed E-state index contributed by atoms with van der Waals surface area (Å²) in [4.78, 5) is 0. The van der Waals surface area contributed by atoms with Crippen LogP contribution >= 0.6 is 34.2 Å². The molecule has 0 fully saturated rings. The third kappa shape index (κ3) is 3.70. The van der Waals surface area contributed by atoms with Crippen LogP contribution in [-0.4, -0.2) is 20.3 Å². The molecule has 0 spiro atoms. The van der Waals surface area contributed by atoms with Gasteiger partial charge in [0, 0.05) is 10.7 Å². The molecule has 0 saturated heterocycles. The predicted molar refractivity (Wildman–Crippen MR) is 61.5 cm³/mol. The van der Waals surface area contributed by atoms with Crippen LogP contribution in [0.25, 0.3) is 0 Å². The van der Waals surface area contributed by atoms with E-state index in [1.54, 1.807) is 7.11 Å². The first-order valence-corrected chi connectivity index (χ1v) is 5.26. The number of rotatable bonds is 4. The second-order valence-corrected chi connectivity index (χ2v) is 4.07. The third-order valence-electron chi connectivity index (χ3n) is 1.44. The van der Waals surface area contributed by atoms with Crippen molar-refractivity contribution in [2.75, 3.05) is 20.3 Å². The topological polar surface area (TPSA) is 18.5 Å². The summed E-state index contributed by atoms with van der Waals surface area (Å²) in [6.45, 7) is 1.10. The van der Waals surface area contributed by atoms with Crippen LogP contribution in [0.1, 0.15) is 0 Å². The maximum atomic E-state index is 5.94. The standard InChI is InChI=1S/C9H10ClIO2/c1-12-4-5-13-9-3-2-7(11)6-8(9)10/h2-3,6H,4-5H2,1H3. The van der Waals surface area contributed by atoms with Gasteiger partial charge in [0.1, 0.15) is 12.4 Å². The van der Waals surface area contributed by atoms with Crippen molar-refractivity contribution in [1.82, 2.24) is 0 Å². The van der Waals surface area contributed by atoms with Crippen LogP contribution in [0.5, 0.6) is 5.75 Å². The van der Waals surface area contributed by atoms with Gasteiger partial charge in [-0.25, -0.2) is 0 Å². The minimum absolute atomic E-state index is 0.525. The van der Waals surface area contributed by atoms with E-state index in [-0.39, 0.29) is 0 Å². The Morgan fingerprint density at radius 3 is 2.77 bits per heavy atom. The molecule has 0 amide bonds. The predicted octanol–water partition coefficient (Wildman–Crippen LogP) is 2.97. The summed E-state index contributed by atoms with van der Waals surface area (Å²) < 4.78 is 11.3. The van der Waals surface area contributed by atoms with Crippen LogP contribution in [0.4, 0.5) is 0 Å². The largest absolute Gasteiger partial charge is 0.490 e. The van der Waals surface area contributed by atoms with Gasteiger partial charge in [0.15, 0.2) is 0 Å². The molecule has 0 aliphatic carbocycles. The Labute approximate surface area is 96.3 Å². The number of ether oxygens (including phenoxy) is 2. The Morgan fingerprint density at radius 2 is 2.15 bits per heavy atom. The first-order chi connectivity index (χ1) is 6.24. The van der Waals surface area contributed by atoms with E-state index in [2.05, 4.69) is 22.6 Å². The molecule has 72 valence electrons. The van der Waals surface area contributed by atoms with Gasteiger partial charge in [-0.1, -0.05) is 11.6 Å². The van der Waals surface area contributed by atoms with Crippen LogP contribution in [0.2, 0.25) is 5.02 Å². The van der Waals surface area contributed by atoms with Gasteiger partial charge in [-0.15, -0.1) is 0 Å². The zero-order chi connectivity index (χ0) is 9.68. The molecule has 13 heavy (non-hydrogen) atoms. The van der Waals surface area contributed by atoms with E-state index in [0.717, 1.165) is 3.57 Å². The molecular weight excluding hydrogens is 302 g/mol. The summed E-state index contributed by atoms with van der Waals surface area (Å²) in [5.74, 6) is 0.708. The lowest BCUT2D eigenvalue weighted by molar-refractivity contribution is 0.146. The average Bonchev–Trinajstić information content (AvgIpc) is 2.09. The summed E-state index contributed by atoms with van der Waals surface area (Å²) in [5, 5.41) is 0.642. The quantitative estimate of drug-likeness (QED) is 0.628. The van der Waals surface area contributed by atoms with Crippen molar-refractivity contribution in [1.29, 1.82) is 0 Å². The molecule has 0 bridgehead atoms. The van der Waals surface area contributed by atoms with Gasteiger partial charge in [-0.05, 0) is 40.8 Å². The zero-order valence-corrected chi connectivity index (χ0v) is 10.1. The van der Waals surface area contributed by atoms with Gasteiger partial charge in [-0.2, -0.15) is 0 Å². The number of hydrogen-bond acceptors (Lipinski definition) is 2. The molecule has 1 aromatic rings. The van der Waals surface area contributed by atoms with E-state index in [4.69, 9.17) is 21.1 Å². The fourth-order valence-electron chi connectivity index (χ4n) is 0.827. The first-order valence-electron chi connectivity index (χ1n) is 3.81. The van der Waals surface area contributed by atoms with Crippen LogP contribution in [0.3, 0.4) is 0 Å². The van der Waals surface area contributed by atoms with Crippen molar-refractivity contribution < 1.29 is 9.47 Å². The highest BCUT2D eigenvalue weighted by molar-refractivity contribution is 14.1. The Bertz CT molecular complexity index is 278. The molecule has 0 radical (unpaired) electrons. The van der Waals surface area contributed by atoms with Crippen molar-refractivity contribution in [3.63, 3.8) is 0 Å². The van der Waals surface area contributed by atoms with Crippen molar-refractivity contribution in [3.8, 4) is 5.75 Å². The van der Waals surface area contributed by atoms with E-state index in [9.17, 15) is 0 Å². The molecule has 0 aliphatic rings. The van der Waals surface area contributed by atoms with Gasteiger partial charge in [0.25, 0.3) is 0 Å². The molecule has 1 rings (SSSR count). The molecule has 0 saturated carbocycles. The van der Waals surface area contributed by atoms with Crippen LogP contribution in [-0.2, 0) is 4.74 Å². The summed E-state index contributed by atoms with van der Waals surface area (Å²) in [7, 11) is 1.64. The van der Waals surface area contributed by atoms with Crippen molar-refractivity contribution in [2.45, 2.75) is 0 Å². The minimum Gasteiger partial charge on any atom is -0.490 e. The number of hydrogen-bond donors (Lipinski definition) is 0. The summed E-state index contributed by atoms with van der Waals surface area (Å²) in [5.41, 5.74) is 0. The molecule has 1 aromatic carbocycles. The molecule has 0 aliphatic heterocycles. The number of benzene rings is 1. The highest BCUT2D eigenvalue weighted by Gasteiger charge is 2.00. The Kier molecular flexibility index (Phi) is 4.83. The SMILES string of the molecule is COCCOc1ccc(I)cc1Cl. The lowest BCUT2D eigenvalue weighted by Crippen LogP contribution is -2.04. The van der Waals surface area contributed by atoms with Crippen molar-refractivity contribution >= 4 is 34.2 Å². The Hall–Kier alpha value is -0.0000000000000000555. The fourth-order valence-corrected chi connectivity index (χ4v) is 1.74. The van der Waals surface area contributed by atoms with Gasteiger partial charge in [0.05, 0.1) is 11.6 Å². The summed E-state index contributed by atoms with van der Waals surface area (Å²) >= 11 is 8.14. The maximum absolute atomic E-state index is 5.94. The first kappa shape index (κ1) is 11.1. The highest BCUT2D eigenvalue weighted by atomic mass is 127. The van der Waals surface area contributed by atoms with Crippen LogP contribution in [0, 0.1) is 3.57 Å². The van der Waals surface area contributed by atoms with E-state index in [1.165, 1.54) is 0 Å². The molecule has 0 heterocycles. The van der Waals surface area contributed by atoms with Gasteiger partial charge >= 0.3 is 0 Å². The second-order valence-electron chi connectivity index (χ2n) is 2.42. The molecule has 2 nitrogen and oxygen atoms in total. The Morgan fingerprint density at radius 1 is 1.38 bits per heavy atom. The van der Waals surface area contributed by atoms with E-state index < -0.39 is 0 Å². The number of halogens is 2. The summed E-state index contributed by atoms with van der Waals surface area (Å²) in [6, 6.07) is 5.68. The smallest absolute Gasteiger partial charge is 0.138 e. The van der Waals surface area contributed by atoms with E-state index in [1.807, 2.05) is 18.2 Å². The van der Waals surface area contributed by atoms with E-state index in [0.29, 0.717) is 24.0 Å². The molecule has 0 N–H and O–H groups in total. The molecule has 0 unspecified atom stereocenters. The zero-order valence-electron chi connectivity index (χ0n) is 7.22. The lowest BCUT2D eigenvalue weighted by atomic mass is 10.3. The normalized spacial score (nSPS) is 10.1. The fraction of sp³-hybridized carbons (Fsp3) is 0.333. The van der Waals surface area contributed by atoms with Gasteiger partial charge < -0.3 is 9.47 Å². The lowest BCUT2D eigenvalue weighted by Gasteiger charge is -2.06. The maximum Gasteiger partial charge on any atom is 0.138 e. The highest BCUT2D eigenvalue weighted by Crippen LogP contribution is 2.25. The number of methoxy groups -OCH3 is 1. The average molecular weight is 313 g/mol. The van der Waals surface area contributed by atoms with Crippen LogP contribution < -0.4 is 4.74 Å². The second kappa shape index (κ2) is 5.67. The monoisotopic (exact) mass is 312 g/mol. The van der Waals surface area contributed by atoms with Gasteiger partial charge in [-0.3, -0.25) is 0 Å². The van der Waals surface area contributed by atoms with Crippen molar-refractivity contribution in [3.05, 3.63) is 26.8 Å². The molecule has 4 heteroatoms. The van der Waals surface area contributed by atoms with Crippen LogP contribution in [0.15, 0.2) is 18.2 Å². The summed E-state index contributed by atoms with van der Waals surface area (Å²) in [6.07, 6.45) is 0. The molecule has 0 atom stereocenters. The molecular formula is C9H10ClIO2. The van der Waals surface area contributed by atoms with Gasteiger partial charge in [0.2, 0.25) is 0 Å². The third-order valence-corrected chi connectivity index (χ3v) is 2.41. The van der Waals surface area contributed by atoms with E-state index >= 15 is 0 Å². The minimum atomic E-state index is 0.525. The van der Waals surface area contributed by atoms with Crippen molar-refractivity contribution in [2.24, 2.45) is 0 Å².